The highest BCUT2D eigenvalue weighted by Gasteiger charge is 1.97. The van der Waals surface area contributed by atoms with Gasteiger partial charge in [-0.3, -0.25) is 0 Å². The van der Waals surface area contributed by atoms with E-state index in [0.717, 1.165) is 16.3 Å². The van der Waals surface area contributed by atoms with Gasteiger partial charge < -0.3 is 4.74 Å². The van der Waals surface area contributed by atoms with E-state index in [0.29, 0.717) is 12.2 Å². The van der Waals surface area contributed by atoms with E-state index in [1.54, 1.807) is 7.11 Å². The zero-order valence-corrected chi connectivity index (χ0v) is 8.53. The fourth-order valence-corrected chi connectivity index (χ4v) is 1.62. The standard InChI is InChI=1S/C13H11NO/c1-15-9-11-3-5-12-6-10(8-14)2-4-13(12)7-11/h2-7H,9H2,1H3. The molecule has 2 aromatic carbocycles. The molecule has 0 aromatic heterocycles. The normalized spacial score (nSPS) is 10.1. The molecule has 74 valence electrons. The van der Waals surface area contributed by atoms with Crippen molar-refractivity contribution in [3.63, 3.8) is 0 Å². The molecule has 2 heteroatoms. The van der Waals surface area contributed by atoms with Crippen molar-refractivity contribution in [2.24, 2.45) is 0 Å². The highest BCUT2D eigenvalue weighted by Crippen LogP contribution is 2.18. The Morgan fingerprint density at radius 2 is 1.87 bits per heavy atom. The van der Waals surface area contributed by atoms with Crippen molar-refractivity contribution in [3.8, 4) is 6.07 Å². The Labute approximate surface area is 88.7 Å². The molecular weight excluding hydrogens is 186 g/mol. The summed E-state index contributed by atoms with van der Waals surface area (Å²) < 4.78 is 5.07. The summed E-state index contributed by atoms with van der Waals surface area (Å²) in [6.45, 7) is 0.621. The van der Waals surface area contributed by atoms with Crippen LogP contribution in [0.15, 0.2) is 36.4 Å². The Hall–Kier alpha value is -1.85. The average Bonchev–Trinajstić information content (AvgIpc) is 2.29. The fraction of sp³-hybridized carbons (Fsp3) is 0.154. The molecule has 0 aliphatic heterocycles. The van der Waals surface area contributed by atoms with E-state index >= 15 is 0 Å². The van der Waals surface area contributed by atoms with E-state index < -0.39 is 0 Å². The van der Waals surface area contributed by atoms with Crippen LogP contribution in [0.2, 0.25) is 0 Å². The van der Waals surface area contributed by atoms with Gasteiger partial charge in [0.15, 0.2) is 0 Å². The topological polar surface area (TPSA) is 33.0 Å². The third-order valence-electron chi connectivity index (χ3n) is 2.34. The van der Waals surface area contributed by atoms with Crippen LogP contribution >= 0.6 is 0 Å². The molecule has 0 aliphatic rings. The predicted octanol–water partition coefficient (Wildman–Crippen LogP) is 2.86. The molecule has 0 fully saturated rings. The minimum Gasteiger partial charge on any atom is -0.380 e. The zero-order valence-electron chi connectivity index (χ0n) is 8.53. The van der Waals surface area contributed by atoms with Gasteiger partial charge in [-0.1, -0.05) is 18.2 Å². The van der Waals surface area contributed by atoms with E-state index in [9.17, 15) is 0 Å². The maximum absolute atomic E-state index is 8.77. The number of hydrogen-bond donors (Lipinski definition) is 0. The Bertz CT molecular complexity index is 526. The van der Waals surface area contributed by atoms with Crippen LogP contribution in [0.25, 0.3) is 10.8 Å². The van der Waals surface area contributed by atoms with Crippen LogP contribution in [0.3, 0.4) is 0 Å². The van der Waals surface area contributed by atoms with Crippen molar-refractivity contribution in [1.29, 1.82) is 5.26 Å². The molecule has 0 bridgehead atoms. The lowest BCUT2D eigenvalue weighted by atomic mass is 10.1. The number of nitrogens with zero attached hydrogens (tertiary/aromatic N) is 1. The highest BCUT2D eigenvalue weighted by atomic mass is 16.5. The Morgan fingerprint density at radius 3 is 2.60 bits per heavy atom. The van der Waals surface area contributed by atoms with Gasteiger partial charge in [-0.2, -0.15) is 5.26 Å². The molecule has 2 aromatic rings. The van der Waals surface area contributed by atoms with Gasteiger partial charge in [0.25, 0.3) is 0 Å². The zero-order chi connectivity index (χ0) is 10.7. The molecule has 0 radical (unpaired) electrons. The predicted molar refractivity (Wildman–Crippen MR) is 59.4 cm³/mol. The lowest BCUT2D eigenvalue weighted by molar-refractivity contribution is 0.185. The summed E-state index contributed by atoms with van der Waals surface area (Å²) in [5.41, 5.74) is 1.84. The van der Waals surface area contributed by atoms with E-state index in [1.807, 2.05) is 30.3 Å². The first kappa shape index (κ1) is 9.70. The second kappa shape index (κ2) is 4.12. The largest absolute Gasteiger partial charge is 0.380 e. The van der Waals surface area contributed by atoms with E-state index in [2.05, 4.69) is 12.1 Å². The van der Waals surface area contributed by atoms with Gasteiger partial charge in [-0.15, -0.1) is 0 Å². The number of benzene rings is 2. The van der Waals surface area contributed by atoms with Crippen molar-refractivity contribution >= 4 is 10.8 Å². The highest BCUT2D eigenvalue weighted by molar-refractivity contribution is 5.84. The van der Waals surface area contributed by atoms with Gasteiger partial charge in [0.1, 0.15) is 0 Å². The number of nitriles is 1. The van der Waals surface area contributed by atoms with Crippen molar-refractivity contribution in [1.82, 2.24) is 0 Å². The van der Waals surface area contributed by atoms with Crippen LogP contribution in [0.5, 0.6) is 0 Å². The van der Waals surface area contributed by atoms with E-state index in [1.165, 1.54) is 0 Å². The monoisotopic (exact) mass is 197 g/mol. The first-order valence-electron chi connectivity index (χ1n) is 4.75. The molecule has 0 spiro atoms. The molecule has 15 heavy (non-hydrogen) atoms. The molecular formula is C13H11NO. The second-order valence-electron chi connectivity index (χ2n) is 3.44. The average molecular weight is 197 g/mol. The smallest absolute Gasteiger partial charge is 0.0991 e. The van der Waals surface area contributed by atoms with Crippen LogP contribution in [0, 0.1) is 11.3 Å². The van der Waals surface area contributed by atoms with Gasteiger partial charge in [0.2, 0.25) is 0 Å². The van der Waals surface area contributed by atoms with Gasteiger partial charge >= 0.3 is 0 Å². The molecule has 0 unspecified atom stereocenters. The fourth-order valence-electron chi connectivity index (χ4n) is 1.62. The third-order valence-corrected chi connectivity index (χ3v) is 2.34. The van der Waals surface area contributed by atoms with E-state index in [4.69, 9.17) is 10.00 Å². The first-order chi connectivity index (χ1) is 7.33. The van der Waals surface area contributed by atoms with E-state index in [-0.39, 0.29) is 0 Å². The summed E-state index contributed by atoms with van der Waals surface area (Å²) in [5, 5.41) is 11.0. The maximum Gasteiger partial charge on any atom is 0.0991 e. The lowest BCUT2D eigenvalue weighted by Crippen LogP contribution is -1.87. The van der Waals surface area contributed by atoms with Gasteiger partial charge in [0.05, 0.1) is 18.2 Å². The number of rotatable bonds is 2. The first-order valence-corrected chi connectivity index (χ1v) is 4.75. The van der Waals surface area contributed by atoms with Crippen molar-refractivity contribution in [2.75, 3.05) is 7.11 Å². The van der Waals surface area contributed by atoms with Crippen LogP contribution in [-0.4, -0.2) is 7.11 Å². The van der Waals surface area contributed by atoms with Gasteiger partial charge in [-0.05, 0) is 34.5 Å². The van der Waals surface area contributed by atoms with Crippen LogP contribution in [0.4, 0.5) is 0 Å². The second-order valence-corrected chi connectivity index (χ2v) is 3.44. The van der Waals surface area contributed by atoms with Gasteiger partial charge in [0, 0.05) is 7.11 Å². The van der Waals surface area contributed by atoms with Crippen molar-refractivity contribution < 1.29 is 4.74 Å². The number of methoxy groups -OCH3 is 1. The number of fused-ring (bicyclic) bond motifs is 1. The molecule has 0 heterocycles. The molecule has 0 atom stereocenters. The third kappa shape index (κ3) is 1.98. The SMILES string of the molecule is COCc1ccc2cc(C#N)ccc2c1. The molecule has 0 aliphatic carbocycles. The molecule has 0 saturated heterocycles. The summed E-state index contributed by atoms with van der Waals surface area (Å²) in [7, 11) is 1.68. The summed E-state index contributed by atoms with van der Waals surface area (Å²) in [4.78, 5) is 0. The lowest BCUT2D eigenvalue weighted by Gasteiger charge is -2.02. The quantitative estimate of drug-likeness (QED) is 0.741. The molecule has 0 amide bonds. The minimum absolute atomic E-state index is 0.621. The summed E-state index contributed by atoms with van der Waals surface area (Å²) >= 11 is 0. The Morgan fingerprint density at radius 1 is 1.13 bits per heavy atom. The minimum atomic E-state index is 0.621. The molecule has 0 saturated carbocycles. The molecule has 0 N–H and O–H groups in total. The molecule has 2 nitrogen and oxygen atoms in total. The van der Waals surface area contributed by atoms with Crippen molar-refractivity contribution in [3.05, 3.63) is 47.5 Å². The summed E-state index contributed by atoms with van der Waals surface area (Å²) in [6.07, 6.45) is 0. The summed E-state index contributed by atoms with van der Waals surface area (Å²) in [5.74, 6) is 0. The van der Waals surface area contributed by atoms with Crippen LogP contribution in [-0.2, 0) is 11.3 Å². The molecule has 2 rings (SSSR count). The number of ether oxygens (including phenoxy) is 1. The van der Waals surface area contributed by atoms with Crippen LogP contribution in [0.1, 0.15) is 11.1 Å². The summed E-state index contributed by atoms with van der Waals surface area (Å²) in [6, 6.07) is 13.9. The van der Waals surface area contributed by atoms with Crippen molar-refractivity contribution in [2.45, 2.75) is 6.61 Å². The Balaban J connectivity index is 2.51. The van der Waals surface area contributed by atoms with Crippen LogP contribution < -0.4 is 0 Å². The maximum atomic E-state index is 8.77. The Kier molecular flexibility index (Phi) is 2.66. The van der Waals surface area contributed by atoms with Gasteiger partial charge in [-0.25, -0.2) is 0 Å². The number of hydrogen-bond acceptors (Lipinski definition) is 2.